The number of nitrogens with zero attached hydrogens (tertiary/aromatic N) is 2. The van der Waals surface area contributed by atoms with Crippen LogP contribution >= 0.6 is 11.3 Å². The zero-order chi connectivity index (χ0) is 22.2. The van der Waals surface area contributed by atoms with Crippen molar-refractivity contribution in [3.8, 4) is 23.5 Å². The summed E-state index contributed by atoms with van der Waals surface area (Å²) < 4.78 is 5.26. The van der Waals surface area contributed by atoms with Gasteiger partial charge < -0.3 is 14.8 Å². The number of hydrogen-bond donors (Lipinski definition) is 2. The van der Waals surface area contributed by atoms with Crippen LogP contribution in [-0.4, -0.2) is 52.4 Å². The molecule has 0 saturated carbocycles. The van der Waals surface area contributed by atoms with E-state index in [9.17, 15) is 9.90 Å². The molecule has 7 heteroatoms. The molecule has 0 amide bonds. The van der Waals surface area contributed by atoms with Crippen LogP contribution in [0.25, 0.3) is 21.3 Å². The standard InChI is InChI=1S/C24H29N3O3S/c1-4-12-30-15-19(28)13-27(11-10-17(2)3)14-21-25-23(29)22-20(16-31-24(22)26-21)18-8-6-5-7-9-18/h1,5-9,16-17,19,28H,10-15H2,2-3H3,(H,25,26,29)/t19-/m1/s1. The number of aliphatic hydroxyl groups is 1. The predicted molar refractivity (Wildman–Crippen MR) is 126 cm³/mol. The van der Waals surface area contributed by atoms with Crippen molar-refractivity contribution in [3.63, 3.8) is 0 Å². The second-order valence-corrected chi connectivity index (χ2v) is 8.86. The fourth-order valence-corrected chi connectivity index (χ4v) is 4.36. The average molecular weight is 440 g/mol. The van der Waals surface area contributed by atoms with E-state index in [2.05, 4.69) is 29.7 Å². The number of H-pyrrole nitrogens is 1. The lowest BCUT2D eigenvalue weighted by molar-refractivity contribution is 0.0247. The van der Waals surface area contributed by atoms with Crippen LogP contribution in [0.3, 0.4) is 0 Å². The first-order valence-corrected chi connectivity index (χ1v) is 11.3. The van der Waals surface area contributed by atoms with Gasteiger partial charge in [-0.15, -0.1) is 17.8 Å². The summed E-state index contributed by atoms with van der Waals surface area (Å²) in [6.07, 6.45) is 5.50. The van der Waals surface area contributed by atoms with Crippen LogP contribution in [0.15, 0.2) is 40.5 Å². The molecule has 164 valence electrons. The van der Waals surface area contributed by atoms with Crippen molar-refractivity contribution in [2.45, 2.75) is 32.9 Å². The summed E-state index contributed by atoms with van der Waals surface area (Å²) in [5, 5.41) is 12.9. The molecule has 0 radical (unpaired) electrons. The molecule has 0 bridgehead atoms. The van der Waals surface area contributed by atoms with Gasteiger partial charge in [-0.2, -0.15) is 0 Å². The monoisotopic (exact) mass is 439 g/mol. The van der Waals surface area contributed by atoms with Gasteiger partial charge in [0, 0.05) is 17.5 Å². The number of rotatable bonds is 11. The number of ether oxygens (including phenoxy) is 1. The van der Waals surface area contributed by atoms with Crippen LogP contribution < -0.4 is 5.56 Å². The van der Waals surface area contributed by atoms with E-state index < -0.39 is 6.10 Å². The zero-order valence-corrected chi connectivity index (χ0v) is 18.8. The Hall–Kier alpha value is -2.50. The summed E-state index contributed by atoms with van der Waals surface area (Å²) >= 11 is 1.47. The van der Waals surface area contributed by atoms with Crippen molar-refractivity contribution < 1.29 is 9.84 Å². The molecule has 1 aromatic carbocycles. The van der Waals surface area contributed by atoms with Crippen LogP contribution in [-0.2, 0) is 11.3 Å². The molecule has 2 N–H and O–H groups in total. The maximum atomic E-state index is 12.9. The van der Waals surface area contributed by atoms with Crippen molar-refractivity contribution in [1.29, 1.82) is 0 Å². The number of benzene rings is 1. The Balaban J connectivity index is 1.79. The molecule has 0 saturated heterocycles. The van der Waals surface area contributed by atoms with Crippen molar-refractivity contribution in [2.24, 2.45) is 5.92 Å². The molecule has 0 unspecified atom stereocenters. The van der Waals surface area contributed by atoms with Gasteiger partial charge in [0.2, 0.25) is 0 Å². The third-order valence-electron chi connectivity index (χ3n) is 4.94. The number of hydrogen-bond acceptors (Lipinski definition) is 6. The normalized spacial score (nSPS) is 12.5. The molecule has 6 nitrogen and oxygen atoms in total. The third kappa shape index (κ3) is 6.49. The quantitative estimate of drug-likeness (QED) is 0.353. The van der Waals surface area contributed by atoms with Gasteiger partial charge in [0.05, 0.1) is 24.6 Å². The Morgan fingerprint density at radius 1 is 1.32 bits per heavy atom. The number of thiophene rings is 1. The predicted octanol–water partition coefficient (Wildman–Crippen LogP) is 3.51. The van der Waals surface area contributed by atoms with Gasteiger partial charge in [0.25, 0.3) is 5.56 Å². The van der Waals surface area contributed by atoms with Crippen LogP contribution in [0.2, 0.25) is 0 Å². The minimum Gasteiger partial charge on any atom is -0.389 e. The molecular formula is C24H29N3O3S. The third-order valence-corrected chi connectivity index (χ3v) is 5.81. The van der Waals surface area contributed by atoms with Crippen LogP contribution in [0.4, 0.5) is 0 Å². The summed E-state index contributed by atoms with van der Waals surface area (Å²) in [7, 11) is 0. The second-order valence-electron chi connectivity index (χ2n) is 8.00. The molecule has 3 aromatic rings. The highest BCUT2D eigenvalue weighted by molar-refractivity contribution is 7.17. The number of fused-ring (bicyclic) bond motifs is 1. The molecule has 0 fully saturated rings. The number of terminal acetylenes is 1. The summed E-state index contributed by atoms with van der Waals surface area (Å²) in [6, 6.07) is 9.86. The molecule has 1 atom stereocenters. The van der Waals surface area contributed by atoms with E-state index in [0.717, 1.165) is 28.9 Å². The van der Waals surface area contributed by atoms with Gasteiger partial charge >= 0.3 is 0 Å². The summed E-state index contributed by atoms with van der Waals surface area (Å²) in [6.45, 7) is 6.32. The number of aliphatic hydroxyl groups excluding tert-OH is 1. The van der Waals surface area contributed by atoms with Crippen molar-refractivity contribution >= 4 is 21.6 Å². The molecule has 3 rings (SSSR count). The lowest BCUT2D eigenvalue weighted by Gasteiger charge is -2.25. The van der Waals surface area contributed by atoms with Crippen LogP contribution in [0, 0.1) is 18.3 Å². The van der Waals surface area contributed by atoms with Crippen LogP contribution in [0.1, 0.15) is 26.1 Å². The van der Waals surface area contributed by atoms with Crippen LogP contribution in [0.5, 0.6) is 0 Å². The lowest BCUT2D eigenvalue weighted by atomic mass is 10.1. The molecule has 2 aromatic heterocycles. The van der Waals surface area contributed by atoms with Gasteiger partial charge in [0.1, 0.15) is 17.3 Å². The highest BCUT2D eigenvalue weighted by Gasteiger charge is 2.17. The first-order valence-electron chi connectivity index (χ1n) is 10.4. The van der Waals surface area contributed by atoms with E-state index in [-0.39, 0.29) is 18.8 Å². The van der Waals surface area contributed by atoms with Crippen molar-refractivity contribution in [2.75, 3.05) is 26.3 Å². The second kappa shape index (κ2) is 11.2. The van der Waals surface area contributed by atoms with Gasteiger partial charge in [-0.25, -0.2) is 4.98 Å². The summed E-state index contributed by atoms with van der Waals surface area (Å²) in [4.78, 5) is 23.4. The maximum absolute atomic E-state index is 12.9. The molecule has 0 spiro atoms. The van der Waals surface area contributed by atoms with Gasteiger partial charge in [-0.3, -0.25) is 9.69 Å². The van der Waals surface area contributed by atoms with E-state index in [0.29, 0.717) is 30.2 Å². The first kappa shape index (κ1) is 23.2. The Morgan fingerprint density at radius 2 is 2.10 bits per heavy atom. The van der Waals surface area contributed by atoms with E-state index >= 15 is 0 Å². The molecular weight excluding hydrogens is 410 g/mol. The smallest absolute Gasteiger partial charge is 0.260 e. The molecule has 0 aliphatic carbocycles. The van der Waals surface area contributed by atoms with E-state index in [1.165, 1.54) is 11.3 Å². The Bertz CT molecular complexity index is 1070. The minimum atomic E-state index is -0.664. The van der Waals surface area contributed by atoms with Crippen molar-refractivity contribution in [3.05, 3.63) is 51.9 Å². The van der Waals surface area contributed by atoms with Crippen molar-refractivity contribution in [1.82, 2.24) is 14.9 Å². The topological polar surface area (TPSA) is 78.5 Å². The Labute approximate surface area is 186 Å². The molecule has 0 aliphatic rings. The zero-order valence-electron chi connectivity index (χ0n) is 18.0. The van der Waals surface area contributed by atoms with E-state index in [1.807, 2.05) is 35.7 Å². The van der Waals surface area contributed by atoms with Gasteiger partial charge in [-0.1, -0.05) is 50.1 Å². The Kier molecular flexibility index (Phi) is 8.38. The van der Waals surface area contributed by atoms with E-state index in [4.69, 9.17) is 16.1 Å². The van der Waals surface area contributed by atoms with Gasteiger partial charge in [-0.05, 0) is 24.4 Å². The minimum absolute atomic E-state index is 0.137. The summed E-state index contributed by atoms with van der Waals surface area (Å²) in [5.74, 6) is 3.52. The lowest BCUT2D eigenvalue weighted by Crippen LogP contribution is -2.36. The highest BCUT2D eigenvalue weighted by Crippen LogP contribution is 2.30. The largest absolute Gasteiger partial charge is 0.389 e. The SMILES string of the molecule is C#CCOC[C@H](O)CN(CCC(C)C)Cc1nc2scc(-c3ccccc3)c2c(=O)[nH]1. The molecule has 2 heterocycles. The first-order chi connectivity index (χ1) is 15.0. The number of aromatic nitrogens is 2. The highest BCUT2D eigenvalue weighted by atomic mass is 32.1. The fraction of sp³-hybridized carbons (Fsp3) is 0.417. The molecule has 31 heavy (non-hydrogen) atoms. The fourth-order valence-electron chi connectivity index (χ4n) is 3.39. The molecule has 0 aliphatic heterocycles. The Morgan fingerprint density at radius 3 is 2.81 bits per heavy atom. The summed E-state index contributed by atoms with van der Waals surface area (Å²) in [5.41, 5.74) is 1.77. The number of nitrogens with one attached hydrogen (secondary N) is 1. The number of aromatic amines is 1. The van der Waals surface area contributed by atoms with E-state index in [1.54, 1.807) is 0 Å². The maximum Gasteiger partial charge on any atom is 0.260 e. The van der Waals surface area contributed by atoms with Gasteiger partial charge in [0.15, 0.2) is 0 Å². The average Bonchev–Trinajstić information content (AvgIpc) is 3.17.